The largest absolute Gasteiger partial charge is 0.573 e. The zero-order valence-electron chi connectivity index (χ0n) is 9.11. The van der Waals surface area contributed by atoms with Gasteiger partial charge in [0, 0.05) is 17.1 Å². The number of aromatic nitrogens is 1. The number of pyridine rings is 1. The van der Waals surface area contributed by atoms with E-state index in [2.05, 4.69) is 4.74 Å². The van der Waals surface area contributed by atoms with E-state index in [0.29, 0.717) is 5.39 Å². The van der Waals surface area contributed by atoms with Gasteiger partial charge in [0.15, 0.2) is 0 Å². The molecule has 2 nitrogen and oxygen atoms in total. The van der Waals surface area contributed by atoms with Crippen LogP contribution in [0.3, 0.4) is 0 Å². The Balaban J connectivity index is 2.15. The van der Waals surface area contributed by atoms with Gasteiger partial charge in [-0.15, -0.1) is 13.2 Å². The maximum atomic E-state index is 12.1. The van der Waals surface area contributed by atoms with Crippen LogP contribution in [0.25, 0.3) is 16.4 Å². The van der Waals surface area contributed by atoms with E-state index in [1.165, 1.54) is 12.1 Å². The van der Waals surface area contributed by atoms with Crippen molar-refractivity contribution in [3.63, 3.8) is 0 Å². The van der Waals surface area contributed by atoms with Gasteiger partial charge >= 0.3 is 6.36 Å². The van der Waals surface area contributed by atoms with Crippen molar-refractivity contribution in [2.24, 2.45) is 0 Å². The Bertz CT molecular complexity index is 715. The van der Waals surface area contributed by atoms with Crippen molar-refractivity contribution in [1.29, 1.82) is 0 Å². The Morgan fingerprint density at radius 3 is 2.61 bits per heavy atom. The fraction of sp³-hybridized carbons (Fsp3) is 0.0769. The van der Waals surface area contributed by atoms with Crippen molar-refractivity contribution in [3.05, 3.63) is 48.7 Å². The monoisotopic (exact) mass is 251 g/mol. The summed E-state index contributed by atoms with van der Waals surface area (Å²) in [6.45, 7) is 0. The van der Waals surface area contributed by atoms with Crippen molar-refractivity contribution in [3.8, 4) is 5.75 Å². The van der Waals surface area contributed by atoms with Gasteiger partial charge in [0.2, 0.25) is 0 Å². The first-order valence-electron chi connectivity index (χ1n) is 5.28. The number of hydrogen-bond acceptors (Lipinski definition) is 1. The number of halogens is 3. The summed E-state index contributed by atoms with van der Waals surface area (Å²) in [7, 11) is 0. The summed E-state index contributed by atoms with van der Waals surface area (Å²) in [5, 5.41) is 0.711. The summed E-state index contributed by atoms with van der Waals surface area (Å²) in [6, 6.07) is 11.8. The third-order valence-electron chi connectivity index (χ3n) is 2.69. The first kappa shape index (κ1) is 11.0. The van der Waals surface area contributed by atoms with E-state index in [-0.39, 0.29) is 5.75 Å². The summed E-state index contributed by atoms with van der Waals surface area (Å²) >= 11 is 0. The van der Waals surface area contributed by atoms with Crippen LogP contribution in [0.5, 0.6) is 5.75 Å². The topological polar surface area (TPSA) is 13.6 Å². The molecule has 0 saturated carbocycles. The molecule has 0 bridgehead atoms. The molecule has 3 rings (SSSR count). The minimum atomic E-state index is -4.66. The molecule has 3 aromatic rings. The Morgan fingerprint density at radius 2 is 1.83 bits per heavy atom. The van der Waals surface area contributed by atoms with Crippen molar-refractivity contribution in [1.82, 2.24) is 4.40 Å². The highest BCUT2D eigenvalue weighted by molar-refractivity contribution is 5.88. The van der Waals surface area contributed by atoms with E-state index in [4.69, 9.17) is 0 Å². The maximum absolute atomic E-state index is 12.1. The van der Waals surface area contributed by atoms with Crippen LogP contribution in [0, 0.1) is 0 Å². The van der Waals surface area contributed by atoms with Crippen LogP contribution in [0.4, 0.5) is 13.2 Å². The predicted octanol–water partition coefficient (Wildman–Crippen LogP) is 3.99. The van der Waals surface area contributed by atoms with Gasteiger partial charge in [-0.2, -0.15) is 0 Å². The molecule has 0 fully saturated rings. The molecule has 0 aliphatic heterocycles. The molecule has 0 saturated heterocycles. The van der Waals surface area contributed by atoms with Gasteiger partial charge in [0.1, 0.15) is 5.75 Å². The number of alkyl halides is 3. The fourth-order valence-corrected chi connectivity index (χ4v) is 2.02. The molecule has 0 spiro atoms. The van der Waals surface area contributed by atoms with E-state index in [9.17, 15) is 13.2 Å². The molecule has 0 unspecified atom stereocenters. The third-order valence-corrected chi connectivity index (χ3v) is 2.69. The molecule has 5 heteroatoms. The zero-order chi connectivity index (χ0) is 12.8. The van der Waals surface area contributed by atoms with Gasteiger partial charge in [-0.05, 0) is 36.4 Å². The SMILES string of the molecule is FC(F)(F)Oc1ccc2c(c1)cc1ccccn12. The first-order valence-corrected chi connectivity index (χ1v) is 5.28. The minimum absolute atomic E-state index is 0.203. The van der Waals surface area contributed by atoms with Gasteiger partial charge in [-0.3, -0.25) is 0 Å². The van der Waals surface area contributed by atoms with Crippen molar-refractivity contribution >= 4 is 16.4 Å². The van der Waals surface area contributed by atoms with Gasteiger partial charge in [-0.1, -0.05) is 6.07 Å². The Labute approximate surface area is 100 Å². The van der Waals surface area contributed by atoms with Crippen molar-refractivity contribution < 1.29 is 17.9 Å². The van der Waals surface area contributed by atoms with Crippen LogP contribution in [0.2, 0.25) is 0 Å². The highest BCUT2D eigenvalue weighted by atomic mass is 19.4. The van der Waals surface area contributed by atoms with E-state index in [1.54, 1.807) is 6.07 Å². The van der Waals surface area contributed by atoms with Gasteiger partial charge < -0.3 is 9.14 Å². The zero-order valence-corrected chi connectivity index (χ0v) is 9.11. The molecule has 0 N–H and O–H groups in total. The number of benzene rings is 1. The molecule has 0 amide bonds. The highest BCUT2D eigenvalue weighted by Gasteiger charge is 2.31. The molecule has 1 aromatic carbocycles. The molecule has 0 aliphatic carbocycles. The fourth-order valence-electron chi connectivity index (χ4n) is 2.02. The third kappa shape index (κ3) is 1.88. The lowest BCUT2D eigenvalue weighted by Crippen LogP contribution is -2.16. The van der Waals surface area contributed by atoms with E-state index in [1.807, 2.05) is 34.9 Å². The normalized spacial score (nSPS) is 12.2. The van der Waals surface area contributed by atoms with Gasteiger partial charge in [-0.25, -0.2) is 0 Å². The number of fused-ring (bicyclic) bond motifs is 3. The van der Waals surface area contributed by atoms with Gasteiger partial charge in [0.05, 0.1) is 5.52 Å². The van der Waals surface area contributed by atoms with Crippen LogP contribution in [0.15, 0.2) is 48.7 Å². The maximum Gasteiger partial charge on any atom is 0.573 e. The average molecular weight is 251 g/mol. The van der Waals surface area contributed by atoms with Crippen molar-refractivity contribution in [2.45, 2.75) is 6.36 Å². The smallest absolute Gasteiger partial charge is 0.406 e. The molecule has 2 heterocycles. The van der Waals surface area contributed by atoms with Crippen LogP contribution in [-0.2, 0) is 0 Å². The summed E-state index contributed by atoms with van der Waals surface area (Å²) in [6.07, 6.45) is -2.80. The van der Waals surface area contributed by atoms with Crippen LogP contribution >= 0.6 is 0 Å². The first-order chi connectivity index (χ1) is 8.53. The minimum Gasteiger partial charge on any atom is -0.406 e. The lowest BCUT2D eigenvalue weighted by molar-refractivity contribution is -0.274. The van der Waals surface area contributed by atoms with E-state index < -0.39 is 6.36 Å². The molecule has 0 radical (unpaired) electrons. The summed E-state index contributed by atoms with van der Waals surface area (Å²) in [4.78, 5) is 0. The van der Waals surface area contributed by atoms with E-state index >= 15 is 0 Å². The second-order valence-corrected chi connectivity index (χ2v) is 3.91. The molecule has 92 valence electrons. The highest BCUT2D eigenvalue weighted by Crippen LogP contribution is 2.28. The quantitative estimate of drug-likeness (QED) is 0.637. The lowest BCUT2D eigenvalue weighted by Gasteiger charge is -2.08. The second-order valence-electron chi connectivity index (χ2n) is 3.91. The average Bonchev–Trinajstić information content (AvgIpc) is 2.64. The lowest BCUT2D eigenvalue weighted by atomic mass is 10.2. The molecule has 2 aromatic heterocycles. The number of hydrogen-bond donors (Lipinski definition) is 0. The number of rotatable bonds is 1. The van der Waals surface area contributed by atoms with Crippen LogP contribution < -0.4 is 4.74 Å². The second kappa shape index (κ2) is 3.66. The Hall–Kier alpha value is -2.17. The number of ether oxygens (including phenoxy) is 1. The number of nitrogens with zero attached hydrogens (tertiary/aromatic N) is 1. The molecular formula is C13H8F3NO. The van der Waals surface area contributed by atoms with Crippen molar-refractivity contribution in [2.75, 3.05) is 0 Å². The standard InChI is InChI=1S/C13H8F3NO/c14-13(15,16)18-11-4-5-12-9(8-11)7-10-3-1-2-6-17(10)12/h1-8H. The molecular weight excluding hydrogens is 243 g/mol. The summed E-state index contributed by atoms with van der Waals surface area (Å²) < 4.78 is 42.2. The molecule has 0 atom stereocenters. The van der Waals surface area contributed by atoms with Gasteiger partial charge in [0.25, 0.3) is 0 Å². The van der Waals surface area contributed by atoms with Crippen LogP contribution in [0.1, 0.15) is 0 Å². The molecule has 0 aliphatic rings. The van der Waals surface area contributed by atoms with E-state index in [0.717, 1.165) is 11.0 Å². The Kier molecular flexibility index (Phi) is 2.23. The van der Waals surface area contributed by atoms with Crippen LogP contribution in [-0.4, -0.2) is 10.8 Å². The summed E-state index contributed by atoms with van der Waals surface area (Å²) in [5.74, 6) is -0.203. The molecule has 18 heavy (non-hydrogen) atoms. The predicted molar refractivity (Wildman–Crippen MR) is 61.6 cm³/mol. The Morgan fingerprint density at radius 1 is 1.00 bits per heavy atom. The summed E-state index contributed by atoms with van der Waals surface area (Å²) in [5.41, 5.74) is 1.77.